The average molecular weight is 400 g/mol. The van der Waals surface area contributed by atoms with Crippen LogP contribution in [0.1, 0.15) is 25.4 Å². The van der Waals surface area contributed by atoms with Crippen LogP contribution in [0.4, 0.5) is 13.2 Å². The molecule has 0 radical (unpaired) electrons. The van der Waals surface area contributed by atoms with Crippen LogP contribution < -0.4 is 0 Å². The van der Waals surface area contributed by atoms with Gasteiger partial charge in [-0.05, 0) is 13.1 Å². The van der Waals surface area contributed by atoms with E-state index in [-0.39, 0.29) is 0 Å². The first-order valence-corrected chi connectivity index (χ1v) is 9.75. The summed E-state index contributed by atoms with van der Waals surface area (Å²) in [4.78, 5) is 15.8. The first-order chi connectivity index (χ1) is 11.9. The molecule has 0 saturated carbocycles. The largest absolute Gasteiger partial charge is 0.490 e. The zero-order valence-corrected chi connectivity index (χ0v) is 15.6. The summed E-state index contributed by atoms with van der Waals surface area (Å²) in [5.41, 5.74) is 1.02. The standard InChI is InChI=1S/C12H22N4O2S.C2HF3O2/c1-4-14(5-2)8-11-9-15-6-7-16(19(3,17)18)10-12(15)13-11;3-2(4,5)1(6)7/h9H,4-8,10H2,1-3H3;(H,6,7). The molecule has 0 fully saturated rings. The molecule has 2 heterocycles. The number of aromatic nitrogens is 2. The van der Waals surface area contributed by atoms with Crippen LogP contribution in [0.15, 0.2) is 6.20 Å². The normalized spacial score (nSPS) is 15.3. The predicted molar refractivity (Wildman–Crippen MR) is 87.8 cm³/mol. The van der Waals surface area contributed by atoms with Gasteiger partial charge >= 0.3 is 12.1 Å². The lowest BCUT2D eigenvalue weighted by molar-refractivity contribution is -0.192. The van der Waals surface area contributed by atoms with Gasteiger partial charge in [-0.2, -0.15) is 17.5 Å². The summed E-state index contributed by atoms with van der Waals surface area (Å²) in [5, 5.41) is 7.12. The van der Waals surface area contributed by atoms with E-state index >= 15 is 0 Å². The number of aliphatic carboxylic acids is 1. The lowest BCUT2D eigenvalue weighted by Gasteiger charge is -2.25. The highest BCUT2D eigenvalue weighted by Gasteiger charge is 2.38. The second-order valence-electron chi connectivity index (χ2n) is 5.70. The van der Waals surface area contributed by atoms with Gasteiger partial charge in [0.15, 0.2) is 0 Å². The van der Waals surface area contributed by atoms with Gasteiger partial charge in [-0.25, -0.2) is 18.2 Å². The molecule has 1 aromatic heterocycles. The molecule has 150 valence electrons. The van der Waals surface area contributed by atoms with Crippen molar-refractivity contribution >= 4 is 16.0 Å². The topological polar surface area (TPSA) is 95.7 Å². The number of hydrogen-bond acceptors (Lipinski definition) is 5. The molecule has 0 saturated heterocycles. The van der Waals surface area contributed by atoms with Gasteiger partial charge in [0.2, 0.25) is 10.0 Å². The van der Waals surface area contributed by atoms with Crippen molar-refractivity contribution in [1.29, 1.82) is 0 Å². The average Bonchev–Trinajstić information content (AvgIpc) is 2.92. The van der Waals surface area contributed by atoms with E-state index in [1.54, 1.807) is 0 Å². The smallest absolute Gasteiger partial charge is 0.475 e. The third kappa shape index (κ3) is 6.57. The fourth-order valence-electron chi connectivity index (χ4n) is 2.32. The summed E-state index contributed by atoms with van der Waals surface area (Å²) >= 11 is 0. The number of hydrogen-bond donors (Lipinski definition) is 1. The summed E-state index contributed by atoms with van der Waals surface area (Å²) in [5.74, 6) is -1.91. The Balaban J connectivity index is 0.000000412. The maximum Gasteiger partial charge on any atom is 0.490 e. The molecule has 0 unspecified atom stereocenters. The van der Waals surface area contributed by atoms with E-state index < -0.39 is 22.2 Å². The molecule has 1 aliphatic heterocycles. The Labute approximate surface area is 150 Å². The van der Waals surface area contributed by atoms with E-state index in [1.165, 1.54) is 10.6 Å². The van der Waals surface area contributed by atoms with Crippen LogP contribution in [0.3, 0.4) is 0 Å². The molecule has 2 rings (SSSR count). The molecule has 26 heavy (non-hydrogen) atoms. The van der Waals surface area contributed by atoms with Crippen LogP contribution in [0, 0.1) is 0 Å². The Bertz CT molecular complexity index is 714. The molecule has 0 bridgehead atoms. The molecule has 1 aromatic rings. The monoisotopic (exact) mass is 400 g/mol. The number of carbonyl (C=O) groups is 1. The molecule has 0 amide bonds. The predicted octanol–water partition coefficient (Wildman–Crippen LogP) is 1.13. The zero-order valence-electron chi connectivity index (χ0n) is 14.8. The Kier molecular flexibility index (Phi) is 7.59. The number of fused-ring (bicyclic) bond motifs is 1. The van der Waals surface area contributed by atoms with E-state index in [9.17, 15) is 21.6 Å². The number of imidazole rings is 1. The molecule has 12 heteroatoms. The summed E-state index contributed by atoms with van der Waals surface area (Å²) in [6, 6.07) is 0. The molecule has 0 aliphatic carbocycles. The van der Waals surface area contributed by atoms with Gasteiger partial charge in [-0.3, -0.25) is 4.90 Å². The van der Waals surface area contributed by atoms with Gasteiger partial charge in [-0.1, -0.05) is 13.8 Å². The van der Waals surface area contributed by atoms with E-state index in [4.69, 9.17) is 9.90 Å². The number of carboxylic acids is 1. The number of sulfonamides is 1. The highest BCUT2D eigenvalue weighted by molar-refractivity contribution is 7.88. The maximum absolute atomic E-state index is 11.6. The second kappa shape index (κ2) is 8.82. The van der Waals surface area contributed by atoms with E-state index in [0.29, 0.717) is 19.6 Å². The SMILES string of the molecule is CCN(CC)Cc1cn2c(n1)CN(S(C)(=O)=O)CC2.O=C(O)C(F)(F)F. The van der Waals surface area contributed by atoms with Crippen LogP contribution >= 0.6 is 0 Å². The molecule has 0 atom stereocenters. The van der Waals surface area contributed by atoms with Gasteiger partial charge < -0.3 is 9.67 Å². The molecule has 0 aromatic carbocycles. The van der Waals surface area contributed by atoms with Crippen molar-refractivity contribution in [3.63, 3.8) is 0 Å². The third-order valence-corrected chi connectivity index (χ3v) is 5.06. The Morgan fingerprint density at radius 2 is 1.85 bits per heavy atom. The quantitative estimate of drug-likeness (QED) is 0.796. The number of halogens is 3. The van der Waals surface area contributed by atoms with Crippen molar-refractivity contribution in [2.24, 2.45) is 0 Å². The molecule has 1 N–H and O–H groups in total. The Hall–Kier alpha value is -1.66. The molecule has 1 aliphatic rings. The highest BCUT2D eigenvalue weighted by atomic mass is 32.2. The fraction of sp³-hybridized carbons (Fsp3) is 0.714. The minimum absolute atomic E-state index is 0.386. The van der Waals surface area contributed by atoms with Crippen LogP contribution in [0.5, 0.6) is 0 Å². The van der Waals surface area contributed by atoms with Gasteiger partial charge in [0.05, 0.1) is 18.5 Å². The van der Waals surface area contributed by atoms with Crippen molar-refractivity contribution in [1.82, 2.24) is 18.8 Å². The van der Waals surface area contributed by atoms with Crippen molar-refractivity contribution in [2.45, 2.75) is 39.7 Å². The third-order valence-electron chi connectivity index (χ3n) is 3.81. The zero-order chi connectivity index (χ0) is 20.1. The van der Waals surface area contributed by atoms with Gasteiger partial charge in [0.25, 0.3) is 0 Å². The van der Waals surface area contributed by atoms with Crippen LogP contribution in [0.25, 0.3) is 0 Å². The summed E-state index contributed by atoms with van der Waals surface area (Å²) < 4.78 is 58.4. The Morgan fingerprint density at radius 1 is 1.31 bits per heavy atom. The maximum atomic E-state index is 11.6. The van der Waals surface area contributed by atoms with Crippen molar-refractivity contribution in [3.05, 3.63) is 17.7 Å². The van der Waals surface area contributed by atoms with Crippen LogP contribution in [0.2, 0.25) is 0 Å². The van der Waals surface area contributed by atoms with Gasteiger partial charge in [0, 0.05) is 25.8 Å². The summed E-state index contributed by atoms with van der Waals surface area (Å²) in [6.07, 6.45) is -1.78. The van der Waals surface area contributed by atoms with E-state index in [1.807, 2.05) is 6.20 Å². The van der Waals surface area contributed by atoms with Crippen molar-refractivity contribution in [3.8, 4) is 0 Å². The number of rotatable bonds is 5. The lowest BCUT2D eigenvalue weighted by Crippen LogP contribution is -2.37. The summed E-state index contributed by atoms with van der Waals surface area (Å²) in [7, 11) is -3.12. The summed E-state index contributed by atoms with van der Waals surface area (Å²) in [6.45, 7) is 8.68. The number of alkyl halides is 3. The van der Waals surface area contributed by atoms with Gasteiger partial charge in [0.1, 0.15) is 5.82 Å². The fourth-order valence-corrected chi connectivity index (χ4v) is 3.09. The van der Waals surface area contributed by atoms with E-state index in [2.05, 4.69) is 28.3 Å². The van der Waals surface area contributed by atoms with Gasteiger partial charge in [-0.15, -0.1) is 0 Å². The van der Waals surface area contributed by atoms with Crippen molar-refractivity contribution < 1.29 is 31.5 Å². The lowest BCUT2D eigenvalue weighted by atomic mass is 10.4. The highest BCUT2D eigenvalue weighted by Crippen LogP contribution is 2.16. The minimum atomic E-state index is -5.08. The van der Waals surface area contributed by atoms with Crippen LogP contribution in [-0.4, -0.2) is 70.3 Å². The first-order valence-electron chi connectivity index (χ1n) is 7.91. The number of nitrogens with zero attached hydrogens (tertiary/aromatic N) is 4. The van der Waals surface area contributed by atoms with Crippen molar-refractivity contribution in [2.75, 3.05) is 25.9 Å². The minimum Gasteiger partial charge on any atom is -0.475 e. The molecular weight excluding hydrogens is 377 g/mol. The molecule has 8 nitrogen and oxygen atoms in total. The molecular formula is C14H23F3N4O4S. The van der Waals surface area contributed by atoms with Crippen LogP contribution in [-0.2, 0) is 34.5 Å². The molecule has 0 spiro atoms. The number of carboxylic acid groups (broad SMARTS) is 1. The first kappa shape index (κ1) is 22.4. The second-order valence-corrected chi connectivity index (χ2v) is 7.69. The van der Waals surface area contributed by atoms with E-state index in [0.717, 1.165) is 31.2 Å². The Morgan fingerprint density at radius 3 is 2.27 bits per heavy atom.